The molecule has 0 fully saturated rings. The van der Waals surface area contributed by atoms with Crippen molar-refractivity contribution >= 4 is 21.5 Å². The molecule has 0 spiro atoms. The van der Waals surface area contributed by atoms with Crippen molar-refractivity contribution in [2.75, 3.05) is 0 Å². The lowest BCUT2D eigenvalue weighted by Crippen LogP contribution is -1.67. The molecule has 0 amide bonds. The van der Waals surface area contributed by atoms with Gasteiger partial charge in [-0.2, -0.15) is 0 Å². The summed E-state index contributed by atoms with van der Waals surface area (Å²) >= 11 is 0. The maximum Gasteiger partial charge on any atom is -0.0184 e. The van der Waals surface area contributed by atoms with Crippen molar-refractivity contribution < 1.29 is 11.0 Å². The van der Waals surface area contributed by atoms with Gasteiger partial charge in [0.2, 0.25) is 0 Å². The van der Waals surface area contributed by atoms with Crippen LogP contribution >= 0.6 is 0 Å². The predicted molar refractivity (Wildman–Crippen MR) is 95.1 cm³/mol. The molecule has 0 aliphatic rings. The Morgan fingerprint density at radius 1 is 0.273 bits per heavy atom. The van der Waals surface area contributed by atoms with Crippen molar-refractivity contribution in [3.8, 4) is 0 Å². The molecule has 0 aliphatic heterocycles. The minimum Gasteiger partial charge on any atom is -0.412 e. The third kappa shape index (κ3) is 4.16. The molecule has 4 rings (SSSR count). The molecule has 0 saturated heterocycles. The van der Waals surface area contributed by atoms with Gasteiger partial charge in [0.1, 0.15) is 0 Å². The van der Waals surface area contributed by atoms with Crippen molar-refractivity contribution in [2.24, 2.45) is 0 Å². The molecule has 0 bridgehead atoms. The van der Waals surface area contributed by atoms with E-state index in [2.05, 4.69) is 97.1 Å². The molecule has 4 N–H and O–H groups in total. The van der Waals surface area contributed by atoms with Crippen LogP contribution in [0.15, 0.2) is 97.1 Å². The van der Waals surface area contributed by atoms with E-state index in [1.807, 2.05) is 0 Å². The highest BCUT2D eigenvalue weighted by molar-refractivity contribution is 5.82. The standard InChI is InChI=1S/2C10H8.2H2O/c2*1-2-6-10-8-4-3-7-9(10)5-1;;/h2*1-8H;2*1H2. The van der Waals surface area contributed by atoms with Gasteiger partial charge in [0.15, 0.2) is 0 Å². The lowest BCUT2D eigenvalue weighted by molar-refractivity contribution is 0.823. The Morgan fingerprint density at radius 3 is 0.545 bits per heavy atom. The molecule has 2 heteroatoms. The molecular weight excluding hydrogens is 272 g/mol. The van der Waals surface area contributed by atoms with E-state index in [-0.39, 0.29) is 11.0 Å². The Hall–Kier alpha value is -2.68. The molecule has 0 heterocycles. The molecule has 2 nitrogen and oxygen atoms in total. The van der Waals surface area contributed by atoms with Crippen LogP contribution in [0.4, 0.5) is 0 Å². The smallest absolute Gasteiger partial charge is 0.0184 e. The number of hydrogen-bond acceptors (Lipinski definition) is 0. The SMILES string of the molecule is O.O.c1ccc2ccccc2c1.c1ccc2ccccc2c1. The van der Waals surface area contributed by atoms with Crippen LogP contribution in [0.25, 0.3) is 21.5 Å². The van der Waals surface area contributed by atoms with E-state index in [4.69, 9.17) is 0 Å². The van der Waals surface area contributed by atoms with Crippen LogP contribution in [0, 0.1) is 0 Å². The summed E-state index contributed by atoms with van der Waals surface area (Å²) in [6, 6.07) is 33.4. The lowest BCUT2D eigenvalue weighted by Gasteiger charge is -1.92. The number of fused-ring (bicyclic) bond motifs is 2. The second-order valence-corrected chi connectivity index (χ2v) is 4.69. The molecule has 0 aromatic heterocycles. The van der Waals surface area contributed by atoms with Crippen molar-refractivity contribution in [1.29, 1.82) is 0 Å². The summed E-state index contributed by atoms with van der Waals surface area (Å²) in [5.41, 5.74) is 0. The predicted octanol–water partition coefficient (Wildman–Crippen LogP) is 4.03. The Labute approximate surface area is 130 Å². The fourth-order valence-electron chi connectivity index (χ4n) is 2.27. The number of hydrogen-bond donors (Lipinski definition) is 0. The maximum absolute atomic E-state index is 2.12. The minimum atomic E-state index is 0. The average Bonchev–Trinajstić information content (AvgIpc) is 2.56. The molecule has 0 saturated carbocycles. The van der Waals surface area contributed by atoms with Crippen LogP contribution in [0.5, 0.6) is 0 Å². The fraction of sp³-hybridized carbons (Fsp3) is 0. The van der Waals surface area contributed by atoms with Crippen LogP contribution in [0.1, 0.15) is 0 Å². The molecule has 0 unspecified atom stereocenters. The van der Waals surface area contributed by atoms with E-state index in [9.17, 15) is 0 Å². The summed E-state index contributed by atoms with van der Waals surface area (Å²) in [4.78, 5) is 0. The normalized spacial score (nSPS) is 9.09. The van der Waals surface area contributed by atoms with Crippen LogP contribution in [-0.4, -0.2) is 11.0 Å². The van der Waals surface area contributed by atoms with Gasteiger partial charge in [-0.05, 0) is 21.5 Å². The quantitative estimate of drug-likeness (QED) is 0.470. The van der Waals surface area contributed by atoms with Gasteiger partial charge in [-0.1, -0.05) is 97.1 Å². The van der Waals surface area contributed by atoms with Gasteiger partial charge in [0.25, 0.3) is 0 Å². The van der Waals surface area contributed by atoms with Crippen molar-refractivity contribution in [2.45, 2.75) is 0 Å². The Balaban J connectivity index is 0.000000202. The third-order valence-corrected chi connectivity index (χ3v) is 3.32. The van der Waals surface area contributed by atoms with Crippen molar-refractivity contribution in [3.05, 3.63) is 97.1 Å². The summed E-state index contributed by atoms with van der Waals surface area (Å²) in [5.74, 6) is 0. The third-order valence-electron chi connectivity index (χ3n) is 3.32. The lowest BCUT2D eigenvalue weighted by atomic mass is 10.1. The summed E-state index contributed by atoms with van der Waals surface area (Å²) < 4.78 is 0. The number of benzene rings is 4. The maximum atomic E-state index is 2.12. The fourth-order valence-corrected chi connectivity index (χ4v) is 2.27. The van der Waals surface area contributed by atoms with Gasteiger partial charge in [0.05, 0.1) is 0 Å². The molecular formula is C20H20O2. The van der Waals surface area contributed by atoms with Crippen LogP contribution in [0.3, 0.4) is 0 Å². The van der Waals surface area contributed by atoms with Gasteiger partial charge in [-0.3, -0.25) is 0 Å². The zero-order valence-electron chi connectivity index (χ0n) is 12.2. The van der Waals surface area contributed by atoms with Gasteiger partial charge in [0, 0.05) is 0 Å². The summed E-state index contributed by atoms with van der Waals surface area (Å²) in [7, 11) is 0. The van der Waals surface area contributed by atoms with E-state index >= 15 is 0 Å². The van der Waals surface area contributed by atoms with Gasteiger partial charge < -0.3 is 11.0 Å². The largest absolute Gasteiger partial charge is 0.412 e. The zero-order valence-corrected chi connectivity index (χ0v) is 12.2. The van der Waals surface area contributed by atoms with Gasteiger partial charge in [-0.25, -0.2) is 0 Å². The van der Waals surface area contributed by atoms with Gasteiger partial charge in [-0.15, -0.1) is 0 Å². The van der Waals surface area contributed by atoms with E-state index in [1.165, 1.54) is 21.5 Å². The Bertz CT molecular complexity index is 623. The van der Waals surface area contributed by atoms with E-state index < -0.39 is 0 Å². The second kappa shape index (κ2) is 8.57. The first-order valence-electron chi connectivity index (χ1n) is 6.81. The monoisotopic (exact) mass is 292 g/mol. The Morgan fingerprint density at radius 2 is 0.409 bits per heavy atom. The topological polar surface area (TPSA) is 63.0 Å². The molecule has 4 aromatic rings. The van der Waals surface area contributed by atoms with Crippen molar-refractivity contribution in [3.63, 3.8) is 0 Å². The van der Waals surface area contributed by atoms with E-state index in [1.54, 1.807) is 0 Å². The molecule has 0 radical (unpaired) electrons. The van der Waals surface area contributed by atoms with E-state index in [0.717, 1.165) is 0 Å². The summed E-state index contributed by atoms with van der Waals surface area (Å²) in [6.07, 6.45) is 0. The summed E-state index contributed by atoms with van der Waals surface area (Å²) in [5, 5.41) is 5.24. The highest BCUT2D eigenvalue weighted by Crippen LogP contribution is 2.11. The molecule has 22 heavy (non-hydrogen) atoms. The second-order valence-electron chi connectivity index (χ2n) is 4.69. The Kier molecular flexibility index (Phi) is 6.77. The average molecular weight is 292 g/mol. The molecule has 4 aromatic carbocycles. The first kappa shape index (κ1) is 17.4. The first-order valence-corrected chi connectivity index (χ1v) is 6.81. The molecule has 112 valence electrons. The highest BCUT2D eigenvalue weighted by atomic mass is 16.0. The molecule has 0 aliphatic carbocycles. The molecule has 0 atom stereocenters. The number of rotatable bonds is 0. The highest BCUT2D eigenvalue weighted by Gasteiger charge is 1.86. The van der Waals surface area contributed by atoms with Gasteiger partial charge >= 0.3 is 0 Å². The van der Waals surface area contributed by atoms with Crippen LogP contribution in [0.2, 0.25) is 0 Å². The summed E-state index contributed by atoms with van der Waals surface area (Å²) in [6.45, 7) is 0. The van der Waals surface area contributed by atoms with Crippen LogP contribution < -0.4 is 0 Å². The van der Waals surface area contributed by atoms with E-state index in [0.29, 0.717) is 0 Å². The van der Waals surface area contributed by atoms with Crippen LogP contribution in [-0.2, 0) is 0 Å². The zero-order chi connectivity index (χ0) is 13.6. The minimum absolute atomic E-state index is 0. The van der Waals surface area contributed by atoms with Crippen molar-refractivity contribution in [1.82, 2.24) is 0 Å². The first-order chi connectivity index (χ1) is 9.93.